The number of hydrogen-bond donors (Lipinski definition) is 2. The zero-order valence-corrected chi connectivity index (χ0v) is 17.6. The van der Waals surface area contributed by atoms with E-state index in [1.165, 1.54) is 12.1 Å². The summed E-state index contributed by atoms with van der Waals surface area (Å²) in [7, 11) is -3.96. The number of carbonyl (C=O) groups excluding carboxylic acids is 1. The van der Waals surface area contributed by atoms with Crippen molar-refractivity contribution in [2.45, 2.75) is 23.6 Å². The number of amides is 1. The highest BCUT2D eigenvalue weighted by atomic mass is 79.9. The summed E-state index contributed by atoms with van der Waals surface area (Å²) in [6.07, 6.45) is 0. The SMILES string of the molecule is Cc1cc(NC(=O)c2ccc(Br)cc2)c(C)c(S(=O)(=O)c2ccccc2)c1O. The topological polar surface area (TPSA) is 83.5 Å². The van der Waals surface area contributed by atoms with Crippen LogP contribution in [-0.2, 0) is 9.84 Å². The standard InChI is InChI=1S/C21H18BrNO4S/c1-13-12-18(23-21(25)15-8-10-16(22)11-9-15)14(2)20(19(13)24)28(26,27)17-6-4-3-5-7-17/h3-12,24H,1-2H3,(H,23,25). The number of benzene rings is 3. The molecule has 0 bridgehead atoms. The Morgan fingerprint density at radius 1 is 1.00 bits per heavy atom. The summed E-state index contributed by atoms with van der Waals surface area (Å²) >= 11 is 3.32. The third-order valence-corrected chi connectivity index (χ3v) is 6.83. The molecule has 2 N–H and O–H groups in total. The molecule has 0 saturated heterocycles. The number of rotatable bonds is 4. The minimum absolute atomic E-state index is 0.0733. The molecule has 0 aliphatic rings. The second kappa shape index (κ2) is 7.77. The molecule has 0 spiro atoms. The van der Waals surface area contributed by atoms with Crippen LogP contribution in [0.15, 0.2) is 74.9 Å². The second-order valence-corrected chi connectivity index (χ2v) is 9.12. The van der Waals surface area contributed by atoms with Crippen molar-refractivity contribution in [1.82, 2.24) is 0 Å². The zero-order chi connectivity index (χ0) is 20.5. The van der Waals surface area contributed by atoms with E-state index in [2.05, 4.69) is 21.2 Å². The fourth-order valence-electron chi connectivity index (χ4n) is 2.84. The van der Waals surface area contributed by atoms with E-state index in [-0.39, 0.29) is 27.0 Å². The van der Waals surface area contributed by atoms with E-state index in [4.69, 9.17) is 0 Å². The molecule has 0 aliphatic heterocycles. The number of carbonyl (C=O) groups is 1. The van der Waals surface area contributed by atoms with Crippen molar-refractivity contribution in [3.05, 3.63) is 81.8 Å². The van der Waals surface area contributed by atoms with Gasteiger partial charge >= 0.3 is 0 Å². The maximum absolute atomic E-state index is 13.1. The van der Waals surface area contributed by atoms with Crippen molar-refractivity contribution in [3.63, 3.8) is 0 Å². The number of sulfone groups is 1. The van der Waals surface area contributed by atoms with Crippen LogP contribution in [-0.4, -0.2) is 19.4 Å². The van der Waals surface area contributed by atoms with Crippen LogP contribution in [0.1, 0.15) is 21.5 Å². The van der Waals surface area contributed by atoms with E-state index in [0.717, 1.165) is 4.47 Å². The maximum Gasteiger partial charge on any atom is 0.255 e. The van der Waals surface area contributed by atoms with Gasteiger partial charge in [-0.2, -0.15) is 0 Å². The highest BCUT2D eigenvalue weighted by Gasteiger charge is 2.27. The lowest BCUT2D eigenvalue weighted by Crippen LogP contribution is -2.15. The molecule has 0 radical (unpaired) electrons. The molecule has 3 aromatic rings. The van der Waals surface area contributed by atoms with E-state index >= 15 is 0 Å². The molecule has 28 heavy (non-hydrogen) atoms. The molecule has 0 fully saturated rings. The molecule has 3 aromatic carbocycles. The Labute approximate surface area is 172 Å². The first kappa shape index (κ1) is 20.1. The summed E-state index contributed by atoms with van der Waals surface area (Å²) in [4.78, 5) is 12.4. The molecule has 1 amide bonds. The third kappa shape index (κ3) is 3.81. The number of nitrogens with one attached hydrogen (secondary N) is 1. The molecular formula is C21H18BrNO4S. The highest BCUT2D eigenvalue weighted by molar-refractivity contribution is 9.10. The first-order valence-corrected chi connectivity index (χ1v) is 10.7. The van der Waals surface area contributed by atoms with Crippen LogP contribution >= 0.6 is 15.9 Å². The molecule has 0 unspecified atom stereocenters. The van der Waals surface area contributed by atoms with Gasteiger partial charge in [0.2, 0.25) is 9.84 Å². The van der Waals surface area contributed by atoms with Crippen molar-refractivity contribution in [2.75, 3.05) is 5.32 Å². The number of halogens is 1. The van der Waals surface area contributed by atoms with Crippen LogP contribution in [0, 0.1) is 13.8 Å². The Morgan fingerprint density at radius 3 is 2.21 bits per heavy atom. The summed E-state index contributed by atoms with van der Waals surface area (Å²) in [6.45, 7) is 3.15. The number of aromatic hydroxyl groups is 1. The molecule has 0 atom stereocenters. The average Bonchev–Trinajstić information content (AvgIpc) is 2.67. The Hall–Kier alpha value is -2.64. The molecule has 7 heteroatoms. The maximum atomic E-state index is 13.1. The highest BCUT2D eigenvalue weighted by Crippen LogP contribution is 2.38. The summed E-state index contributed by atoms with van der Waals surface area (Å²) in [5, 5.41) is 13.2. The van der Waals surface area contributed by atoms with Gasteiger partial charge in [0.25, 0.3) is 5.91 Å². The van der Waals surface area contributed by atoms with E-state index in [1.807, 2.05) is 0 Å². The Morgan fingerprint density at radius 2 is 1.61 bits per heavy atom. The summed E-state index contributed by atoms with van der Waals surface area (Å²) in [5.41, 5.74) is 1.39. The first-order chi connectivity index (χ1) is 13.2. The molecule has 3 rings (SSSR count). The Kier molecular flexibility index (Phi) is 5.58. The summed E-state index contributed by atoms with van der Waals surface area (Å²) < 4.78 is 27.0. The molecule has 0 aliphatic carbocycles. The number of phenolic OH excluding ortho intramolecular Hbond substituents is 1. The van der Waals surface area contributed by atoms with Gasteiger partial charge < -0.3 is 10.4 Å². The van der Waals surface area contributed by atoms with Gasteiger partial charge in [0.1, 0.15) is 10.6 Å². The first-order valence-electron chi connectivity index (χ1n) is 8.42. The number of hydrogen-bond acceptors (Lipinski definition) is 4. The van der Waals surface area contributed by atoms with Gasteiger partial charge in [-0.05, 0) is 67.4 Å². The monoisotopic (exact) mass is 459 g/mol. The lowest BCUT2D eigenvalue weighted by molar-refractivity contribution is 0.102. The molecular weight excluding hydrogens is 442 g/mol. The molecule has 0 aromatic heterocycles. The Balaban J connectivity index is 2.08. The van der Waals surface area contributed by atoms with Crippen molar-refractivity contribution < 1.29 is 18.3 Å². The van der Waals surface area contributed by atoms with Crippen LogP contribution in [0.25, 0.3) is 0 Å². The lowest BCUT2D eigenvalue weighted by Gasteiger charge is -2.17. The Bertz CT molecular complexity index is 1140. The van der Waals surface area contributed by atoms with Crippen molar-refractivity contribution >= 4 is 37.4 Å². The van der Waals surface area contributed by atoms with Crippen LogP contribution in [0.5, 0.6) is 5.75 Å². The van der Waals surface area contributed by atoms with E-state index < -0.39 is 9.84 Å². The zero-order valence-electron chi connectivity index (χ0n) is 15.2. The van der Waals surface area contributed by atoms with Crippen LogP contribution in [0.3, 0.4) is 0 Å². The minimum Gasteiger partial charge on any atom is -0.506 e. The second-order valence-electron chi connectivity index (χ2n) is 6.32. The quantitative estimate of drug-likeness (QED) is 0.545. The number of phenols is 1. The van der Waals surface area contributed by atoms with Gasteiger partial charge in [-0.3, -0.25) is 4.79 Å². The van der Waals surface area contributed by atoms with Crippen LogP contribution in [0.4, 0.5) is 5.69 Å². The predicted octanol–water partition coefficient (Wildman–Crippen LogP) is 4.86. The van der Waals surface area contributed by atoms with Gasteiger partial charge in [-0.1, -0.05) is 34.1 Å². The average molecular weight is 460 g/mol. The summed E-state index contributed by atoms with van der Waals surface area (Å²) in [6, 6.07) is 16.2. The third-order valence-electron chi connectivity index (χ3n) is 4.37. The number of aryl methyl sites for hydroxylation is 1. The lowest BCUT2D eigenvalue weighted by atomic mass is 10.1. The van der Waals surface area contributed by atoms with Crippen molar-refractivity contribution in [2.24, 2.45) is 0 Å². The predicted molar refractivity (Wildman–Crippen MR) is 112 cm³/mol. The van der Waals surface area contributed by atoms with E-state index in [1.54, 1.807) is 62.4 Å². The van der Waals surface area contributed by atoms with Gasteiger partial charge in [-0.25, -0.2) is 8.42 Å². The normalized spacial score (nSPS) is 11.2. The largest absolute Gasteiger partial charge is 0.506 e. The van der Waals surface area contributed by atoms with Gasteiger partial charge in [0.05, 0.1) is 4.90 Å². The van der Waals surface area contributed by atoms with Gasteiger partial charge in [0.15, 0.2) is 0 Å². The smallest absolute Gasteiger partial charge is 0.255 e. The fourth-order valence-corrected chi connectivity index (χ4v) is 4.79. The van der Waals surface area contributed by atoms with Crippen LogP contribution < -0.4 is 5.32 Å². The van der Waals surface area contributed by atoms with Crippen molar-refractivity contribution in [1.29, 1.82) is 0 Å². The van der Waals surface area contributed by atoms with Crippen molar-refractivity contribution in [3.8, 4) is 5.75 Å². The molecule has 144 valence electrons. The molecule has 0 heterocycles. The fraction of sp³-hybridized carbons (Fsp3) is 0.0952. The van der Waals surface area contributed by atoms with Gasteiger partial charge in [-0.15, -0.1) is 0 Å². The molecule has 0 saturated carbocycles. The van der Waals surface area contributed by atoms with Gasteiger partial charge in [0, 0.05) is 15.7 Å². The van der Waals surface area contributed by atoms with Crippen LogP contribution in [0.2, 0.25) is 0 Å². The number of anilines is 1. The van der Waals surface area contributed by atoms with E-state index in [9.17, 15) is 18.3 Å². The molecule has 5 nitrogen and oxygen atoms in total. The minimum atomic E-state index is -3.96. The van der Waals surface area contributed by atoms with E-state index in [0.29, 0.717) is 16.8 Å². The summed E-state index contributed by atoms with van der Waals surface area (Å²) in [5.74, 6) is -0.688.